The highest BCUT2D eigenvalue weighted by Gasteiger charge is 2.46. The molecule has 10 nitrogen and oxygen atoms in total. The molecule has 0 bridgehead atoms. The van der Waals surface area contributed by atoms with Gasteiger partial charge in [0.15, 0.2) is 29.0 Å². The number of nitrogens with zero attached hydrogens (tertiary/aromatic N) is 6. The van der Waals surface area contributed by atoms with Gasteiger partial charge in [-0.25, -0.2) is 28.2 Å². The lowest BCUT2D eigenvalue weighted by Gasteiger charge is -2.36. The van der Waals surface area contributed by atoms with E-state index in [0.29, 0.717) is 46.2 Å². The lowest BCUT2D eigenvalue weighted by Crippen LogP contribution is -2.52. The molecule has 40 heavy (non-hydrogen) atoms. The molecule has 3 aromatic heterocycles. The summed E-state index contributed by atoms with van der Waals surface area (Å²) in [5, 5.41) is 7.93. The third-order valence-corrected chi connectivity index (χ3v) is 6.81. The van der Waals surface area contributed by atoms with Crippen molar-refractivity contribution in [3.63, 3.8) is 0 Å². The van der Waals surface area contributed by atoms with Crippen molar-refractivity contribution >= 4 is 28.1 Å². The Kier molecular flexibility index (Phi) is 6.54. The van der Waals surface area contributed by atoms with Gasteiger partial charge in [0.25, 0.3) is 5.92 Å². The molecule has 6 rings (SSSR count). The molecule has 0 amide bonds. The largest absolute Gasteiger partial charge is 0.493 e. The number of likely N-dealkylation sites (tertiary alicyclic amines) is 1. The first kappa shape index (κ1) is 25.7. The molecule has 1 atom stereocenters. The van der Waals surface area contributed by atoms with Gasteiger partial charge in [0, 0.05) is 24.7 Å². The van der Waals surface area contributed by atoms with E-state index in [4.69, 9.17) is 14.2 Å². The summed E-state index contributed by atoms with van der Waals surface area (Å²) >= 11 is 0. The molecule has 5 aromatic rings. The summed E-state index contributed by atoms with van der Waals surface area (Å²) in [5.41, 5.74) is 2.82. The molecule has 1 N–H and O–H groups in total. The number of methoxy groups -OCH3 is 1. The van der Waals surface area contributed by atoms with E-state index in [1.54, 1.807) is 53.3 Å². The SMILES string of the molecule is COc1ccc2ncnc(Nc3ccc(Oc4cnc5ccnn5c4)c(C)c3)c2c1O[C@H]1CCN(C)CC1(F)F. The van der Waals surface area contributed by atoms with Crippen LogP contribution in [0.2, 0.25) is 0 Å². The monoisotopic (exact) mass is 547 g/mol. The molecule has 1 aliphatic heterocycles. The first-order chi connectivity index (χ1) is 19.3. The molecule has 206 valence electrons. The van der Waals surface area contributed by atoms with Gasteiger partial charge in [-0.2, -0.15) is 5.10 Å². The van der Waals surface area contributed by atoms with Crippen molar-refractivity contribution in [2.45, 2.75) is 25.4 Å². The van der Waals surface area contributed by atoms with E-state index in [9.17, 15) is 8.78 Å². The summed E-state index contributed by atoms with van der Waals surface area (Å²) in [5.74, 6) is -0.953. The number of nitrogens with one attached hydrogen (secondary N) is 1. The molecule has 2 aromatic carbocycles. The van der Waals surface area contributed by atoms with Crippen LogP contribution in [0.3, 0.4) is 0 Å². The van der Waals surface area contributed by atoms with Crippen molar-refractivity contribution in [1.82, 2.24) is 29.5 Å². The first-order valence-corrected chi connectivity index (χ1v) is 12.7. The predicted octanol–water partition coefficient (Wildman–Crippen LogP) is 5.24. The van der Waals surface area contributed by atoms with Gasteiger partial charge in [-0.05, 0) is 49.9 Å². The lowest BCUT2D eigenvalue weighted by molar-refractivity contribution is -0.135. The van der Waals surface area contributed by atoms with Crippen molar-refractivity contribution in [3.05, 3.63) is 66.9 Å². The zero-order valence-corrected chi connectivity index (χ0v) is 22.1. The number of aryl methyl sites for hydroxylation is 1. The van der Waals surface area contributed by atoms with Crippen LogP contribution in [0.15, 0.2) is 61.3 Å². The van der Waals surface area contributed by atoms with Gasteiger partial charge in [-0.1, -0.05) is 0 Å². The number of rotatable bonds is 7. The molecular weight excluding hydrogens is 520 g/mol. The van der Waals surface area contributed by atoms with Gasteiger partial charge in [0.2, 0.25) is 0 Å². The fraction of sp³-hybridized carbons (Fsp3) is 0.286. The second kappa shape index (κ2) is 10.2. The van der Waals surface area contributed by atoms with E-state index in [2.05, 4.69) is 25.4 Å². The number of hydrogen-bond acceptors (Lipinski definition) is 9. The quantitative estimate of drug-likeness (QED) is 0.293. The summed E-state index contributed by atoms with van der Waals surface area (Å²) in [6.07, 6.45) is 5.32. The van der Waals surface area contributed by atoms with E-state index < -0.39 is 12.0 Å². The Morgan fingerprint density at radius 2 is 1.93 bits per heavy atom. The average Bonchev–Trinajstić information content (AvgIpc) is 3.39. The van der Waals surface area contributed by atoms with Crippen LogP contribution in [0.1, 0.15) is 12.0 Å². The van der Waals surface area contributed by atoms with Gasteiger partial charge in [-0.3, -0.25) is 0 Å². The maximum atomic E-state index is 14.9. The average molecular weight is 548 g/mol. The highest BCUT2D eigenvalue weighted by molar-refractivity contribution is 5.97. The van der Waals surface area contributed by atoms with Crippen LogP contribution >= 0.6 is 0 Å². The second-order valence-electron chi connectivity index (χ2n) is 9.74. The van der Waals surface area contributed by atoms with Crippen molar-refractivity contribution in [2.75, 3.05) is 32.6 Å². The summed E-state index contributed by atoms with van der Waals surface area (Å²) in [6, 6.07) is 10.8. The number of alkyl halides is 2. The maximum absolute atomic E-state index is 14.9. The zero-order chi connectivity index (χ0) is 27.9. The molecule has 1 fully saturated rings. The molecular formula is C28H27F2N7O3. The summed E-state index contributed by atoms with van der Waals surface area (Å²) < 4.78 is 49.0. The van der Waals surface area contributed by atoms with Crippen LogP contribution in [0.25, 0.3) is 16.6 Å². The predicted molar refractivity (Wildman–Crippen MR) is 145 cm³/mol. The Morgan fingerprint density at radius 3 is 2.73 bits per heavy atom. The van der Waals surface area contributed by atoms with Crippen molar-refractivity contribution in [3.8, 4) is 23.0 Å². The second-order valence-corrected chi connectivity index (χ2v) is 9.74. The number of halogens is 2. The van der Waals surface area contributed by atoms with Gasteiger partial charge >= 0.3 is 0 Å². The van der Waals surface area contributed by atoms with Crippen molar-refractivity contribution in [2.24, 2.45) is 0 Å². The van der Waals surface area contributed by atoms with Gasteiger partial charge < -0.3 is 24.4 Å². The van der Waals surface area contributed by atoms with E-state index in [1.165, 1.54) is 13.4 Å². The fourth-order valence-corrected chi connectivity index (χ4v) is 4.80. The smallest absolute Gasteiger partial charge is 0.296 e. The van der Waals surface area contributed by atoms with E-state index in [-0.39, 0.29) is 18.7 Å². The topological polar surface area (TPSA) is 98.9 Å². The van der Waals surface area contributed by atoms with Crippen LogP contribution < -0.4 is 19.5 Å². The van der Waals surface area contributed by atoms with E-state index >= 15 is 0 Å². The van der Waals surface area contributed by atoms with Gasteiger partial charge in [0.1, 0.15) is 17.9 Å². The molecule has 12 heteroatoms. The van der Waals surface area contributed by atoms with Crippen molar-refractivity contribution in [1.29, 1.82) is 0 Å². The number of benzene rings is 2. The number of aromatic nitrogens is 5. The van der Waals surface area contributed by atoms with Gasteiger partial charge in [0.05, 0.1) is 43.1 Å². The molecule has 1 saturated heterocycles. The number of ether oxygens (including phenoxy) is 3. The van der Waals surface area contributed by atoms with Crippen LogP contribution in [0, 0.1) is 6.92 Å². The fourth-order valence-electron chi connectivity index (χ4n) is 4.80. The maximum Gasteiger partial charge on any atom is 0.296 e. The lowest BCUT2D eigenvalue weighted by atomic mass is 10.0. The Hall–Kier alpha value is -4.58. The third-order valence-electron chi connectivity index (χ3n) is 6.81. The van der Waals surface area contributed by atoms with Crippen LogP contribution in [0.4, 0.5) is 20.3 Å². The highest BCUT2D eigenvalue weighted by atomic mass is 19.3. The Morgan fingerprint density at radius 1 is 1.07 bits per heavy atom. The molecule has 0 radical (unpaired) electrons. The molecule has 0 saturated carbocycles. The number of hydrogen-bond donors (Lipinski definition) is 1. The zero-order valence-electron chi connectivity index (χ0n) is 22.1. The number of piperidine rings is 1. The molecule has 0 aliphatic carbocycles. The minimum Gasteiger partial charge on any atom is -0.493 e. The molecule has 1 aliphatic rings. The normalized spacial score (nSPS) is 17.2. The minimum atomic E-state index is -3.03. The van der Waals surface area contributed by atoms with Crippen LogP contribution in [-0.2, 0) is 0 Å². The van der Waals surface area contributed by atoms with E-state index in [1.807, 2.05) is 25.1 Å². The number of anilines is 2. The van der Waals surface area contributed by atoms with Gasteiger partial charge in [-0.15, -0.1) is 0 Å². The summed E-state index contributed by atoms with van der Waals surface area (Å²) in [6.45, 7) is 2.03. The van der Waals surface area contributed by atoms with Crippen LogP contribution in [0.5, 0.6) is 23.0 Å². The number of fused-ring (bicyclic) bond motifs is 2. The standard InChI is InChI=1S/C28H27F2N7O3/c1-17-12-18(4-6-21(17)39-19-13-31-24-8-10-34-37(24)14-19)35-27-25-20(32-16-33-27)5-7-22(38-3)26(25)40-23-9-11-36(2)15-28(23,29)30/h4-8,10,12-14,16,23H,9,11,15H2,1-3H3,(H,32,33,35)/t23-/m0/s1. The Balaban J connectivity index is 1.31. The van der Waals surface area contributed by atoms with Crippen molar-refractivity contribution < 1.29 is 23.0 Å². The van der Waals surface area contributed by atoms with Crippen LogP contribution in [-0.4, -0.2) is 68.7 Å². The highest BCUT2D eigenvalue weighted by Crippen LogP contribution is 2.42. The molecule has 4 heterocycles. The Labute approximate surface area is 228 Å². The summed E-state index contributed by atoms with van der Waals surface area (Å²) in [4.78, 5) is 14.7. The summed E-state index contributed by atoms with van der Waals surface area (Å²) in [7, 11) is 3.14. The Bertz CT molecular complexity index is 1690. The first-order valence-electron chi connectivity index (χ1n) is 12.7. The molecule has 0 unspecified atom stereocenters. The van der Waals surface area contributed by atoms with E-state index in [0.717, 1.165) is 11.2 Å². The molecule has 0 spiro atoms. The third kappa shape index (κ3) is 4.93. The minimum absolute atomic E-state index is 0.170.